The smallest absolute Gasteiger partial charge is 0.237 e. The Labute approximate surface area is 105 Å². The van der Waals surface area contributed by atoms with Crippen LogP contribution in [0.1, 0.15) is 39.5 Å². The number of rotatable bonds is 5. The Balaban J connectivity index is 2.17. The Hall–Kier alpha value is -1.01. The lowest BCUT2D eigenvalue weighted by atomic mass is 9.83. The largest absolute Gasteiger partial charge is 0.344 e. The molecule has 0 saturated heterocycles. The molecule has 2 N–H and O–H groups in total. The Bertz CT molecular complexity index is 274. The molecule has 0 aromatic carbocycles. The maximum Gasteiger partial charge on any atom is 0.237 e. The molecule has 17 heavy (non-hydrogen) atoms. The molecule has 1 atom stereocenters. The van der Waals surface area contributed by atoms with Crippen molar-refractivity contribution in [1.29, 1.82) is 0 Å². The highest BCUT2D eigenvalue weighted by Gasteiger charge is 2.19. The van der Waals surface area contributed by atoms with Crippen molar-refractivity contribution < 1.29 is 4.79 Å². The molecule has 3 heteroatoms. The summed E-state index contributed by atoms with van der Waals surface area (Å²) in [6.07, 6.45) is 10.3. The van der Waals surface area contributed by atoms with E-state index in [9.17, 15) is 4.79 Å². The fourth-order valence-electron chi connectivity index (χ4n) is 2.26. The van der Waals surface area contributed by atoms with Crippen molar-refractivity contribution in [2.75, 3.05) is 13.1 Å². The molecule has 0 heterocycles. The zero-order valence-electron chi connectivity index (χ0n) is 11.0. The molecule has 0 aliphatic heterocycles. The summed E-state index contributed by atoms with van der Waals surface area (Å²) in [6.45, 7) is 5.46. The van der Waals surface area contributed by atoms with Gasteiger partial charge in [0, 0.05) is 0 Å². The van der Waals surface area contributed by atoms with Crippen molar-refractivity contribution in [2.45, 2.75) is 45.6 Å². The standard InChI is InChI=1S/C14H24N2O/c1-4-9-15-14(17)12(3)16-10-13-7-5-11(2)6-8-13/h1,11-13,16H,5-10H2,2-3H3,(H,15,17). The van der Waals surface area contributed by atoms with Gasteiger partial charge in [0.15, 0.2) is 0 Å². The first-order valence-electron chi connectivity index (χ1n) is 6.58. The molecule has 0 radical (unpaired) electrons. The first-order valence-corrected chi connectivity index (χ1v) is 6.58. The number of amides is 1. The van der Waals surface area contributed by atoms with E-state index in [1.54, 1.807) is 0 Å². The van der Waals surface area contributed by atoms with Crippen molar-refractivity contribution in [1.82, 2.24) is 10.6 Å². The first kappa shape index (κ1) is 14.1. The van der Waals surface area contributed by atoms with Gasteiger partial charge in [0.1, 0.15) is 0 Å². The van der Waals surface area contributed by atoms with Crippen LogP contribution in [0.2, 0.25) is 0 Å². The molecule has 0 spiro atoms. The lowest BCUT2D eigenvalue weighted by Crippen LogP contribution is -2.44. The molecular weight excluding hydrogens is 212 g/mol. The predicted octanol–water partition coefficient (Wildman–Crippen LogP) is 1.54. The van der Waals surface area contributed by atoms with E-state index in [0.29, 0.717) is 6.54 Å². The minimum atomic E-state index is -0.150. The number of nitrogens with one attached hydrogen (secondary N) is 2. The van der Waals surface area contributed by atoms with Gasteiger partial charge in [0.2, 0.25) is 5.91 Å². The quantitative estimate of drug-likeness (QED) is 0.711. The molecule has 1 amide bonds. The highest BCUT2D eigenvalue weighted by molar-refractivity contribution is 5.81. The fraction of sp³-hybridized carbons (Fsp3) is 0.786. The molecule has 1 rings (SSSR count). The van der Waals surface area contributed by atoms with E-state index in [0.717, 1.165) is 18.4 Å². The molecule has 1 saturated carbocycles. The van der Waals surface area contributed by atoms with Gasteiger partial charge in [-0.25, -0.2) is 0 Å². The summed E-state index contributed by atoms with van der Waals surface area (Å²) in [5.74, 6) is 4.00. The van der Waals surface area contributed by atoms with Gasteiger partial charge in [-0.05, 0) is 38.1 Å². The molecule has 0 bridgehead atoms. The van der Waals surface area contributed by atoms with E-state index in [1.807, 2.05) is 6.92 Å². The normalized spacial score (nSPS) is 25.9. The molecule has 1 fully saturated rings. The van der Waals surface area contributed by atoms with Crippen LogP contribution in [-0.2, 0) is 4.79 Å². The van der Waals surface area contributed by atoms with Crippen LogP contribution in [0.25, 0.3) is 0 Å². The third-order valence-electron chi connectivity index (χ3n) is 3.61. The Morgan fingerprint density at radius 2 is 2.06 bits per heavy atom. The minimum Gasteiger partial charge on any atom is -0.344 e. The number of hydrogen-bond acceptors (Lipinski definition) is 2. The molecule has 1 aliphatic carbocycles. The first-order chi connectivity index (χ1) is 8.13. The van der Waals surface area contributed by atoms with Crippen molar-refractivity contribution in [3.8, 4) is 12.3 Å². The summed E-state index contributed by atoms with van der Waals surface area (Å²) in [6, 6.07) is -0.150. The lowest BCUT2D eigenvalue weighted by Gasteiger charge is -2.27. The highest BCUT2D eigenvalue weighted by Crippen LogP contribution is 2.27. The zero-order valence-corrected chi connectivity index (χ0v) is 11.0. The number of carbonyl (C=O) groups is 1. The zero-order chi connectivity index (χ0) is 12.7. The van der Waals surface area contributed by atoms with Crippen LogP contribution < -0.4 is 10.6 Å². The van der Waals surface area contributed by atoms with Crippen LogP contribution in [0.15, 0.2) is 0 Å². The molecule has 0 aromatic heterocycles. The van der Waals surface area contributed by atoms with E-state index in [1.165, 1.54) is 25.7 Å². The van der Waals surface area contributed by atoms with Crippen LogP contribution in [0.4, 0.5) is 0 Å². The number of hydrogen-bond donors (Lipinski definition) is 2. The monoisotopic (exact) mass is 236 g/mol. The molecule has 1 aliphatic rings. The van der Waals surface area contributed by atoms with Crippen molar-refractivity contribution in [3.63, 3.8) is 0 Å². The fourth-order valence-corrected chi connectivity index (χ4v) is 2.26. The summed E-state index contributed by atoms with van der Waals surface area (Å²) < 4.78 is 0. The van der Waals surface area contributed by atoms with Crippen LogP contribution in [0.5, 0.6) is 0 Å². The predicted molar refractivity (Wildman–Crippen MR) is 70.4 cm³/mol. The van der Waals surface area contributed by atoms with Gasteiger partial charge in [-0.3, -0.25) is 4.79 Å². The highest BCUT2D eigenvalue weighted by atomic mass is 16.2. The maximum absolute atomic E-state index is 11.6. The average Bonchev–Trinajstić information content (AvgIpc) is 2.34. The Kier molecular flexibility index (Phi) is 6.07. The summed E-state index contributed by atoms with van der Waals surface area (Å²) in [7, 11) is 0. The van der Waals surface area contributed by atoms with Crippen molar-refractivity contribution >= 4 is 5.91 Å². The second kappa shape index (κ2) is 7.34. The van der Waals surface area contributed by atoms with Gasteiger partial charge in [-0.1, -0.05) is 25.7 Å². The molecule has 96 valence electrons. The molecule has 3 nitrogen and oxygen atoms in total. The Morgan fingerprint density at radius 3 is 2.65 bits per heavy atom. The number of carbonyl (C=O) groups excluding carboxylic acids is 1. The van der Waals surface area contributed by atoms with E-state index in [2.05, 4.69) is 23.5 Å². The second-order valence-corrected chi connectivity index (χ2v) is 5.18. The van der Waals surface area contributed by atoms with Crippen LogP contribution in [0, 0.1) is 24.2 Å². The third-order valence-corrected chi connectivity index (χ3v) is 3.61. The third kappa shape index (κ3) is 5.23. The van der Waals surface area contributed by atoms with Gasteiger partial charge < -0.3 is 10.6 Å². The van der Waals surface area contributed by atoms with E-state index >= 15 is 0 Å². The van der Waals surface area contributed by atoms with E-state index in [-0.39, 0.29) is 11.9 Å². The van der Waals surface area contributed by atoms with Crippen molar-refractivity contribution in [3.05, 3.63) is 0 Å². The topological polar surface area (TPSA) is 41.1 Å². The molecule has 1 unspecified atom stereocenters. The van der Waals surface area contributed by atoms with Crippen LogP contribution in [0.3, 0.4) is 0 Å². The van der Waals surface area contributed by atoms with Gasteiger partial charge in [0.05, 0.1) is 12.6 Å². The number of terminal acetylenes is 1. The SMILES string of the molecule is C#CCNC(=O)C(C)NCC1CCC(C)CC1. The summed E-state index contributed by atoms with van der Waals surface area (Å²) >= 11 is 0. The second-order valence-electron chi connectivity index (χ2n) is 5.18. The van der Waals surface area contributed by atoms with Gasteiger partial charge in [0.25, 0.3) is 0 Å². The summed E-state index contributed by atoms with van der Waals surface area (Å²) in [5, 5.41) is 5.98. The lowest BCUT2D eigenvalue weighted by molar-refractivity contribution is -0.122. The van der Waals surface area contributed by atoms with Gasteiger partial charge >= 0.3 is 0 Å². The minimum absolute atomic E-state index is 0.00729. The van der Waals surface area contributed by atoms with Gasteiger partial charge in [-0.15, -0.1) is 6.42 Å². The van der Waals surface area contributed by atoms with Crippen LogP contribution >= 0.6 is 0 Å². The summed E-state index contributed by atoms with van der Waals surface area (Å²) in [4.78, 5) is 11.6. The maximum atomic E-state index is 11.6. The molecule has 0 aromatic rings. The van der Waals surface area contributed by atoms with Gasteiger partial charge in [-0.2, -0.15) is 0 Å². The van der Waals surface area contributed by atoms with Crippen LogP contribution in [-0.4, -0.2) is 25.0 Å². The van der Waals surface area contributed by atoms with E-state index < -0.39 is 0 Å². The Morgan fingerprint density at radius 1 is 1.41 bits per heavy atom. The average molecular weight is 236 g/mol. The van der Waals surface area contributed by atoms with E-state index in [4.69, 9.17) is 6.42 Å². The summed E-state index contributed by atoms with van der Waals surface area (Å²) in [5.41, 5.74) is 0. The van der Waals surface area contributed by atoms with Crippen molar-refractivity contribution in [2.24, 2.45) is 11.8 Å². The molecular formula is C14H24N2O.